The van der Waals surface area contributed by atoms with Gasteiger partial charge in [-0.05, 0) is 12.8 Å². The number of hydrogen-bond donors (Lipinski definition) is 1. The number of piperidine rings is 1. The number of rotatable bonds is 5. The minimum absolute atomic E-state index is 0.0205. The van der Waals surface area contributed by atoms with Crippen molar-refractivity contribution in [2.45, 2.75) is 12.8 Å². The molecule has 1 atom stereocenters. The van der Waals surface area contributed by atoms with Gasteiger partial charge in [0.15, 0.2) is 0 Å². The molecule has 9 heteroatoms. The van der Waals surface area contributed by atoms with Crippen LogP contribution in [0.2, 0.25) is 0 Å². The van der Waals surface area contributed by atoms with E-state index in [2.05, 4.69) is 0 Å². The highest BCUT2D eigenvalue weighted by Crippen LogP contribution is 2.17. The van der Waals surface area contributed by atoms with Crippen LogP contribution < -0.4 is 0 Å². The van der Waals surface area contributed by atoms with Gasteiger partial charge in [0.1, 0.15) is 6.54 Å². The number of amides is 3. The lowest BCUT2D eigenvalue weighted by molar-refractivity contribution is -0.147. The Hall–Kier alpha value is -1.77. The molecular formula is C14H21N3O5S. The first kappa shape index (κ1) is 17.6. The van der Waals surface area contributed by atoms with Gasteiger partial charge >= 0.3 is 5.97 Å². The monoisotopic (exact) mass is 343 g/mol. The summed E-state index contributed by atoms with van der Waals surface area (Å²) in [7, 11) is 1.52. The van der Waals surface area contributed by atoms with Gasteiger partial charge < -0.3 is 19.8 Å². The number of carboxylic acid groups (broad SMARTS) is 1. The maximum atomic E-state index is 12.2. The molecule has 0 aromatic rings. The average molecular weight is 343 g/mol. The van der Waals surface area contributed by atoms with Crippen LogP contribution in [0.5, 0.6) is 0 Å². The predicted molar refractivity (Wildman–Crippen MR) is 83.6 cm³/mol. The molecule has 2 heterocycles. The molecule has 0 bridgehead atoms. The van der Waals surface area contributed by atoms with Crippen molar-refractivity contribution in [2.24, 2.45) is 5.92 Å². The summed E-state index contributed by atoms with van der Waals surface area (Å²) in [5.41, 5.74) is 0. The van der Waals surface area contributed by atoms with Crippen LogP contribution in [0, 0.1) is 5.92 Å². The fourth-order valence-corrected chi connectivity index (χ4v) is 3.52. The first-order valence-electron chi connectivity index (χ1n) is 7.48. The van der Waals surface area contributed by atoms with Gasteiger partial charge in [-0.15, -0.1) is 11.8 Å². The standard InChI is InChI=1S/C14H21N3O5S/c1-15(11(18)7-17-9-23-8-13(17)20)6-12(19)16-4-2-3-10(5-16)14(21)22/h10H,2-9H2,1H3,(H,21,22). The summed E-state index contributed by atoms with van der Waals surface area (Å²) in [6.07, 6.45) is 1.22. The SMILES string of the molecule is CN(CC(=O)N1CCCC(C(=O)O)C1)C(=O)CN1CSCC1=O. The number of hydrogen-bond acceptors (Lipinski definition) is 5. The van der Waals surface area contributed by atoms with E-state index in [9.17, 15) is 19.2 Å². The Bertz CT molecular complexity index is 513. The van der Waals surface area contributed by atoms with Crippen LogP contribution in [-0.4, -0.2) is 88.4 Å². The zero-order valence-corrected chi connectivity index (χ0v) is 13.9. The summed E-state index contributed by atoms with van der Waals surface area (Å²) in [6, 6.07) is 0. The molecule has 0 spiro atoms. The lowest BCUT2D eigenvalue weighted by Crippen LogP contribution is -2.48. The molecule has 0 radical (unpaired) electrons. The van der Waals surface area contributed by atoms with Crippen LogP contribution in [0.25, 0.3) is 0 Å². The zero-order valence-electron chi connectivity index (χ0n) is 13.1. The maximum Gasteiger partial charge on any atom is 0.308 e. The summed E-state index contributed by atoms with van der Waals surface area (Å²) >= 11 is 1.46. The average Bonchev–Trinajstić information content (AvgIpc) is 2.92. The Balaban J connectivity index is 1.82. The first-order valence-corrected chi connectivity index (χ1v) is 8.64. The van der Waals surface area contributed by atoms with Crippen molar-refractivity contribution in [2.75, 3.05) is 44.9 Å². The normalized spacial score (nSPS) is 21.4. The van der Waals surface area contributed by atoms with Crippen molar-refractivity contribution in [3.63, 3.8) is 0 Å². The third-order valence-electron chi connectivity index (χ3n) is 4.07. The largest absolute Gasteiger partial charge is 0.481 e. The number of thioether (sulfide) groups is 1. The molecule has 0 aliphatic carbocycles. The highest BCUT2D eigenvalue weighted by atomic mass is 32.2. The number of carbonyl (C=O) groups excluding carboxylic acids is 3. The minimum atomic E-state index is -0.892. The number of likely N-dealkylation sites (N-methyl/N-ethyl adjacent to an activating group) is 1. The highest BCUT2D eigenvalue weighted by molar-refractivity contribution is 8.00. The fourth-order valence-electron chi connectivity index (χ4n) is 2.62. The van der Waals surface area contributed by atoms with Crippen LogP contribution >= 0.6 is 11.8 Å². The quantitative estimate of drug-likeness (QED) is 0.709. The number of likely N-dealkylation sites (tertiary alicyclic amines) is 1. The van der Waals surface area contributed by atoms with Gasteiger partial charge in [-0.2, -0.15) is 0 Å². The molecular weight excluding hydrogens is 322 g/mol. The second kappa shape index (κ2) is 7.67. The van der Waals surface area contributed by atoms with Gasteiger partial charge in [0.05, 0.1) is 24.1 Å². The molecule has 1 N–H and O–H groups in total. The Morgan fingerprint density at radius 2 is 2.13 bits per heavy atom. The number of carbonyl (C=O) groups is 4. The molecule has 0 aromatic carbocycles. The summed E-state index contributed by atoms with van der Waals surface area (Å²) in [5, 5.41) is 9.05. The second-order valence-electron chi connectivity index (χ2n) is 5.84. The second-order valence-corrected chi connectivity index (χ2v) is 6.79. The van der Waals surface area contributed by atoms with Crippen molar-refractivity contribution >= 4 is 35.5 Å². The van der Waals surface area contributed by atoms with Crippen molar-refractivity contribution < 1.29 is 24.3 Å². The van der Waals surface area contributed by atoms with Crippen molar-refractivity contribution in [1.29, 1.82) is 0 Å². The number of carboxylic acids is 1. The lowest BCUT2D eigenvalue weighted by atomic mass is 9.98. The molecule has 2 fully saturated rings. The van der Waals surface area contributed by atoms with Gasteiger partial charge in [-0.25, -0.2) is 0 Å². The van der Waals surface area contributed by atoms with E-state index in [4.69, 9.17) is 5.11 Å². The molecule has 0 aromatic heterocycles. The summed E-state index contributed by atoms with van der Waals surface area (Å²) in [4.78, 5) is 51.1. The molecule has 0 saturated carbocycles. The van der Waals surface area contributed by atoms with E-state index < -0.39 is 11.9 Å². The van der Waals surface area contributed by atoms with Crippen molar-refractivity contribution in [1.82, 2.24) is 14.7 Å². The summed E-state index contributed by atoms with van der Waals surface area (Å²) in [5.74, 6) is -1.15. The Morgan fingerprint density at radius 1 is 1.39 bits per heavy atom. The summed E-state index contributed by atoms with van der Waals surface area (Å²) < 4.78 is 0. The van der Waals surface area contributed by atoms with E-state index in [0.29, 0.717) is 31.0 Å². The van der Waals surface area contributed by atoms with Gasteiger partial charge in [0.25, 0.3) is 0 Å². The molecule has 2 aliphatic rings. The molecule has 2 aliphatic heterocycles. The molecule has 2 rings (SSSR count). The third kappa shape index (κ3) is 4.60. The van der Waals surface area contributed by atoms with Crippen LogP contribution in [0.4, 0.5) is 0 Å². The first-order chi connectivity index (χ1) is 10.9. The van der Waals surface area contributed by atoms with E-state index in [1.165, 1.54) is 33.5 Å². The van der Waals surface area contributed by atoms with Crippen LogP contribution in [-0.2, 0) is 19.2 Å². The van der Waals surface area contributed by atoms with E-state index >= 15 is 0 Å². The maximum absolute atomic E-state index is 12.2. The molecule has 3 amide bonds. The highest BCUT2D eigenvalue weighted by Gasteiger charge is 2.30. The number of nitrogens with zero attached hydrogens (tertiary/aromatic N) is 3. The van der Waals surface area contributed by atoms with Crippen LogP contribution in [0.3, 0.4) is 0 Å². The van der Waals surface area contributed by atoms with Gasteiger partial charge in [0, 0.05) is 20.1 Å². The Labute approximate surface area is 138 Å². The molecule has 8 nitrogen and oxygen atoms in total. The van der Waals surface area contributed by atoms with E-state index in [-0.39, 0.29) is 37.4 Å². The fraction of sp³-hybridized carbons (Fsp3) is 0.714. The van der Waals surface area contributed by atoms with Gasteiger partial charge in [-0.3, -0.25) is 19.2 Å². The predicted octanol–water partition coefficient (Wildman–Crippen LogP) is -0.699. The topological polar surface area (TPSA) is 98.2 Å². The smallest absolute Gasteiger partial charge is 0.308 e. The zero-order chi connectivity index (χ0) is 17.0. The summed E-state index contributed by atoms with van der Waals surface area (Å²) in [6.45, 7) is 0.594. The third-order valence-corrected chi connectivity index (χ3v) is 5.02. The molecule has 2 saturated heterocycles. The van der Waals surface area contributed by atoms with Crippen LogP contribution in [0.15, 0.2) is 0 Å². The van der Waals surface area contributed by atoms with E-state index in [0.717, 1.165) is 0 Å². The van der Waals surface area contributed by atoms with Crippen LogP contribution in [0.1, 0.15) is 12.8 Å². The van der Waals surface area contributed by atoms with Crippen molar-refractivity contribution in [3.05, 3.63) is 0 Å². The molecule has 1 unspecified atom stereocenters. The van der Waals surface area contributed by atoms with Gasteiger partial charge in [-0.1, -0.05) is 0 Å². The van der Waals surface area contributed by atoms with Crippen molar-refractivity contribution in [3.8, 4) is 0 Å². The molecule has 23 heavy (non-hydrogen) atoms. The minimum Gasteiger partial charge on any atom is -0.481 e. The van der Waals surface area contributed by atoms with E-state index in [1.54, 1.807) is 0 Å². The molecule has 128 valence electrons. The Morgan fingerprint density at radius 3 is 2.74 bits per heavy atom. The lowest BCUT2D eigenvalue weighted by Gasteiger charge is -2.32. The number of aliphatic carboxylic acids is 1. The Kier molecular flexibility index (Phi) is 5.86. The van der Waals surface area contributed by atoms with Gasteiger partial charge in [0.2, 0.25) is 17.7 Å². The van der Waals surface area contributed by atoms with E-state index in [1.807, 2.05) is 0 Å².